The molecule has 4 amide bonds. The number of nitrogens with zero attached hydrogens (tertiary/aromatic N) is 5. The van der Waals surface area contributed by atoms with Crippen molar-refractivity contribution >= 4 is 29.8 Å². The summed E-state index contributed by atoms with van der Waals surface area (Å²) in [6.45, 7) is 3.58. The molecule has 2 aromatic heterocycles. The maximum atomic E-state index is 16.0. The molecule has 2 bridgehead atoms. The van der Waals surface area contributed by atoms with Crippen LogP contribution < -0.4 is 26.3 Å². The van der Waals surface area contributed by atoms with E-state index < -0.39 is 108 Å². The molecule has 426 valence electrons. The highest BCUT2D eigenvalue weighted by atomic mass is 19.4. The molecule has 5 heterocycles. The van der Waals surface area contributed by atoms with Gasteiger partial charge in [0.1, 0.15) is 29.5 Å². The van der Waals surface area contributed by atoms with Gasteiger partial charge < -0.3 is 40.2 Å². The van der Waals surface area contributed by atoms with E-state index in [0.717, 1.165) is 71.3 Å². The van der Waals surface area contributed by atoms with Crippen molar-refractivity contribution in [2.45, 2.75) is 108 Å². The number of hydrazine groups is 1. The number of pyridine rings is 2. The first-order valence-electron chi connectivity index (χ1n) is 25.1. The number of aromatic nitrogens is 2. The van der Waals surface area contributed by atoms with Gasteiger partial charge in [-0.05, 0) is 101 Å². The maximum absolute atomic E-state index is 16.0. The Labute approximate surface area is 450 Å². The van der Waals surface area contributed by atoms with Gasteiger partial charge in [-0.25, -0.2) is 28.4 Å². The van der Waals surface area contributed by atoms with Crippen LogP contribution >= 0.6 is 0 Å². The van der Waals surface area contributed by atoms with Gasteiger partial charge >= 0.3 is 24.5 Å². The summed E-state index contributed by atoms with van der Waals surface area (Å²) in [5, 5.41) is 18.7. The molecule has 4 aromatic rings. The van der Waals surface area contributed by atoms with Crippen molar-refractivity contribution in [3.8, 4) is 23.1 Å². The van der Waals surface area contributed by atoms with E-state index in [2.05, 4.69) is 51.8 Å². The number of nitrogens with one attached hydrogen (secondary N) is 4. The number of benzene rings is 2. The average molecular weight is 1120 g/mol. The summed E-state index contributed by atoms with van der Waals surface area (Å²) in [5.74, 6) is 1.34. The monoisotopic (exact) mass is 1120 g/mol. The topological polar surface area (TPSA) is 200 Å². The Morgan fingerprint density at radius 2 is 1.32 bits per heavy atom. The number of hydrogen-bond acceptors (Lipinski definition) is 13. The van der Waals surface area contributed by atoms with Gasteiger partial charge in [-0.1, -0.05) is 30.0 Å². The number of aliphatic hydroxyl groups excluding tert-OH is 1. The Morgan fingerprint density at radius 3 is 1.81 bits per heavy atom. The lowest BCUT2D eigenvalue weighted by molar-refractivity contribution is -0.221. The largest absolute Gasteiger partial charge is 0.453 e. The first kappa shape index (κ1) is 59.5. The van der Waals surface area contributed by atoms with Crippen LogP contribution in [0, 0.1) is 34.3 Å². The predicted molar refractivity (Wildman–Crippen MR) is 270 cm³/mol. The van der Waals surface area contributed by atoms with Gasteiger partial charge in [0.25, 0.3) is 5.91 Å². The van der Waals surface area contributed by atoms with Gasteiger partial charge in [-0.15, -0.1) is 0 Å². The zero-order valence-electron chi connectivity index (χ0n) is 44.0. The molecule has 6 atom stereocenters. The number of alkyl carbamates (subject to hydrolysis) is 2. The van der Waals surface area contributed by atoms with Gasteiger partial charge in [-0.2, -0.15) is 26.3 Å². The Balaban J connectivity index is 1.17. The van der Waals surface area contributed by atoms with Crippen molar-refractivity contribution in [3.05, 3.63) is 113 Å². The normalized spacial score (nSPS) is 18.5. The second-order valence-electron chi connectivity index (χ2n) is 20.7. The van der Waals surface area contributed by atoms with E-state index in [1.54, 1.807) is 30.5 Å². The highest BCUT2D eigenvalue weighted by molar-refractivity contribution is 5.87. The molecule has 25 heteroatoms. The van der Waals surface area contributed by atoms with Crippen LogP contribution in [0.5, 0.6) is 0 Å². The lowest BCUT2D eigenvalue weighted by Crippen LogP contribution is -2.63. The van der Waals surface area contributed by atoms with Crippen LogP contribution in [-0.2, 0) is 36.8 Å². The van der Waals surface area contributed by atoms with E-state index in [1.165, 1.54) is 24.4 Å². The molecule has 0 radical (unpaired) electrons. The number of hydrogen-bond donors (Lipinski definition) is 5. The Kier molecular flexibility index (Phi) is 18.4. The Bertz CT molecular complexity index is 2830. The zero-order valence-corrected chi connectivity index (χ0v) is 44.0. The number of piperazine rings is 1. The second-order valence-corrected chi connectivity index (χ2v) is 20.7. The summed E-state index contributed by atoms with van der Waals surface area (Å²) >= 11 is 0. The Morgan fingerprint density at radius 1 is 0.759 bits per heavy atom. The number of fused-ring (bicyclic) bond motifs is 2. The number of ether oxygens (including phenoxy) is 3. The van der Waals surface area contributed by atoms with E-state index in [1.807, 2.05) is 22.8 Å². The fourth-order valence-corrected chi connectivity index (χ4v) is 9.61. The minimum Gasteiger partial charge on any atom is -0.453 e. The molecule has 5 N–H and O–H groups in total. The molecule has 17 nitrogen and oxygen atoms in total. The molecule has 3 aliphatic rings. The highest BCUT2D eigenvalue weighted by Crippen LogP contribution is 2.42. The first-order chi connectivity index (χ1) is 37.2. The quantitative estimate of drug-likeness (QED) is 0.0416. The lowest BCUT2D eigenvalue weighted by Gasteiger charge is -2.47. The number of halogens is 8. The molecule has 3 aliphatic heterocycles. The number of anilines is 1. The summed E-state index contributed by atoms with van der Waals surface area (Å²) in [6.07, 6.45) is -10.5. The third-order valence-corrected chi connectivity index (χ3v) is 14.7. The van der Waals surface area contributed by atoms with Crippen LogP contribution in [0.1, 0.15) is 62.8 Å². The minimum absolute atomic E-state index is 0.0291. The fourth-order valence-electron chi connectivity index (χ4n) is 9.61. The Hall–Kier alpha value is -7.14. The summed E-state index contributed by atoms with van der Waals surface area (Å²) in [6, 6.07) is 11.0. The van der Waals surface area contributed by atoms with Crippen LogP contribution in [0.3, 0.4) is 0 Å². The van der Waals surface area contributed by atoms with Crippen LogP contribution in [0.2, 0.25) is 0 Å². The fraction of sp³-hybridized carbons (Fsp3) is 0.481. The standard InChI is InChI=1S/C54H61F8N9O8/c1-51(2,53(57,58)59)45(66-49(75)77-5)47(73)65-42(21-32-13-10-31(11-14-32)12-15-33-16-19-44(64-24-33)69-25-35-17-18-36(26-69)71(35)37-29-79-30-37)43(72)28-70(68-48(74)46(67-50(76)78-6)52(3,4)54(60,61)62)27-38-39(55)22-34(23-40(38)56)41-9-7-8-20-63-41/h7-11,13-14,16,19-20,22-24,35-37,42-43,45-46,72H,17-18,21,25-30H2,1-6H3,(H,65,73)(H,66,75)(H,67,76)(H,68,74)/t35?,36?,42-,43-,45+,46+/m0/s1. The van der Waals surface area contributed by atoms with Gasteiger partial charge in [0.2, 0.25) is 5.91 Å². The van der Waals surface area contributed by atoms with Gasteiger partial charge in [-0.3, -0.25) is 24.9 Å². The van der Waals surface area contributed by atoms with Crippen LogP contribution in [-0.4, -0.2) is 151 Å². The number of methoxy groups -OCH3 is 2. The van der Waals surface area contributed by atoms with E-state index in [9.17, 15) is 50.6 Å². The number of alkyl halides is 6. The smallest absolute Gasteiger partial charge is 0.407 e. The van der Waals surface area contributed by atoms with Crippen molar-refractivity contribution in [1.29, 1.82) is 0 Å². The summed E-state index contributed by atoms with van der Waals surface area (Å²) in [7, 11) is 1.66. The summed E-state index contributed by atoms with van der Waals surface area (Å²) < 4.78 is 134. The summed E-state index contributed by atoms with van der Waals surface area (Å²) in [4.78, 5) is 66.5. The molecule has 2 unspecified atom stereocenters. The first-order valence-corrected chi connectivity index (χ1v) is 25.1. The minimum atomic E-state index is -5.18. The molecule has 0 aliphatic carbocycles. The molecule has 0 spiro atoms. The lowest BCUT2D eigenvalue weighted by atomic mass is 9.82. The number of carbonyl (C=O) groups excluding carboxylic acids is 4. The third kappa shape index (κ3) is 14.0. The summed E-state index contributed by atoms with van der Waals surface area (Å²) in [5.41, 5.74) is -3.21. The van der Waals surface area contributed by atoms with E-state index in [-0.39, 0.29) is 11.3 Å². The van der Waals surface area contributed by atoms with Crippen molar-refractivity contribution < 1.29 is 73.6 Å². The number of aliphatic hydroxyl groups is 1. The van der Waals surface area contributed by atoms with Gasteiger partial charge in [0.15, 0.2) is 0 Å². The van der Waals surface area contributed by atoms with Crippen molar-refractivity contribution in [2.75, 3.05) is 52.0 Å². The predicted octanol–water partition coefficient (Wildman–Crippen LogP) is 6.42. The molecule has 2 aromatic carbocycles. The van der Waals surface area contributed by atoms with Crippen LogP contribution in [0.15, 0.2) is 79.1 Å². The molecule has 79 heavy (non-hydrogen) atoms. The second kappa shape index (κ2) is 24.5. The van der Waals surface area contributed by atoms with Crippen LogP contribution in [0.25, 0.3) is 11.3 Å². The SMILES string of the molecule is COC(=O)N[C@H](C(=O)N[C@@H](Cc1ccc(C#Cc2ccc(N3CC4CCC(C3)N4C3COC3)nc2)cc1)[C@@H](O)CN(Cc1c(F)cc(-c2ccccn2)cc1F)NC(=O)[C@@H](NC(=O)OC)C(C)(C)C(F)(F)F)C(C)(C)C(F)(F)F. The van der Waals surface area contributed by atoms with Crippen molar-refractivity contribution in [2.24, 2.45) is 10.8 Å². The maximum Gasteiger partial charge on any atom is 0.407 e. The third-order valence-electron chi connectivity index (χ3n) is 14.7. The highest BCUT2D eigenvalue weighted by Gasteiger charge is 2.57. The number of rotatable bonds is 18. The van der Waals surface area contributed by atoms with Gasteiger partial charge in [0.05, 0.1) is 62.1 Å². The molecule has 7 rings (SSSR count). The average Bonchev–Trinajstić information content (AvgIpc) is 3.78. The van der Waals surface area contributed by atoms with Crippen LogP contribution in [0.4, 0.5) is 50.5 Å². The molecular weight excluding hydrogens is 1050 g/mol. The zero-order chi connectivity index (χ0) is 57.6. The van der Waals surface area contributed by atoms with Crippen molar-refractivity contribution in [3.63, 3.8) is 0 Å². The van der Waals surface area contributed by atoms with E-state index >= 15 is 8.78 Å². The van der Waals surface area contributed by atoms with E-state index in [0.29, 0.717) is 67.5 Å². The molecule has 0 saturated carbocycles. The molecule has 3 fully saturated rings. The van der Waals surface area contributed by atoms with Crippen molar-refractivity contribution in [1.82, 2.24) is 41.3 Å². The van der Waals surface area contributed by atoms with E-state index in [4.69, 9.17) is 4.74 Å². The molecule has 3 saturated heterocycles. The number of amides is 4. The van der Waals surface area contributed by atoms with Gasteiger partial charge in [0, 0.05) is 72.9 Å². The number of carbonyl (C=O) groups is 4. The molecular formula is C54H61F8N9O8.